The number of nitrogens with zero attached hydrogens (tertiary/aromatic N) is 2. The number of hydrogen-bond donors (Lipinski definition) is 1. The second kappa shape index (κ2) is 5.12. The average molecular weight is 268 g/mol. The fourth-order valence-corrected chi connectivity index (χ4v) is 2.40. The SMILES string of the molecule is CC(C)(NCc1ccncc1Cl)c1nccs1. The van der Waals surface area contributed by atoms with E-state index in [1.54, 1.807) is 23.7 Å². The van der Waals surface area contributed by atoms with Crippen molar-refractivity contribution < 1.29 is 0 Å². The molecule has 0 aliphatic rings. The largest absolute Gasteiger partial charge is 0.302 e. The van der Waals surface area contributed by atoms with E-state index in [0.29, 0.717) is 11.6 Å². The van der Waals surface area contributed by atoms with Crippen LogP contribution in [-0.2, 0) is 12.1 Å². The summed E-state index contributed by atoms with van der Waals surface area (Å²) in [6, 6.07) is 1.92. The van der Waals surface area contributed by atoms with E-state index in [1.807, 2.05) is 17.6 Å². The van der Waals surface area contributed by atoms with E-state index >= 15 is 0 Å². The van der Waals surface area contributed by atoms with Crippen LogP contribution in [0.1, 0.15) is 24.4 Å². The van der Waals surface area contributed by atoms with Crippen LogP contribution in [0.3, 0.4) is 0 Å². The van der Waals surface area contributed by atoms with Crippen LogP contribution in [0.4, 0.5) is 0 Å². The molecular formula is C12H14ClN3S. The summed E-state index contributed by atoms with van der Waals surface area (Å²) in [6.07, 6.45) is 5.23. The van der Waals surface area contributed by atoms with E-state index < -0.39 is 0 Å². The van der Waals surface area contributed by atoms with Gasteiger partial charge in [-0.15, -0.1) is 11.3 Å². The van der Waals surface area contributed by atoms with Crippen molar-refractivity contribution >= 4 is 22.9 Å². The Morgan fingerprint density at radius 3 is 2.88 bits per heavy atom. The van der Waals surface area contributed by atoms with Gasteiger partial charge in [0, 0.05) is 30.5 Å². The lowest BCUT2D eigenvalue weighted by atomic mass is 10.1. The Hall–Kier alpha value is -0.970. The van der Waals surface area contributed by atoms with Gasteiger partial charge in [0.25, 0.3) is 0 Å². The highest BCUT2D eigenvalue weighted by atomic mass is 35.5. The van der Waals surface area contributed by atoms with Gasteiger partial charge in [0.2, 0.25) is 0 Å². The van der Waals surface area contributed by atoms with Crippen LogP contribution in [0.15, 0.2) is 30.0 Å². The molecule has 0 saturated carbocycles. The van der Waals surface area contributed by atoms with Gasteiger partial charge in [-0.25, -0.2) is 4.98 Å². The molecule has 0 spiro atoms. The Kier molecular flexibility index (Phi) is 3.76. The number of pyridine rings is 1. The summed E-state index contributed by atoms with van der Waals surface area (Å²) in [5.41, 5.74) is 0.895. The van der Waals surface area contributed by atoms with Crippen LogP contribution >= 0.6 is 22.9 Å². The smallest absolute Gasteiger partial charge is 0.112 e. The fraction of sp³-hybridized carbons (Fsp3) is 0.333. The first-order valence-corrected chi connectivity index (χ1v) is 6.59. The van der Waals surface area contributed by atoms with Crippen LogP contribution in [0, 0.1) is 0 Å². The zero-order valence-electron chi connectivity index (χ0n) is 9.77. The molecule has 2 aromatic heterocycles. The molecule has 17 heavy (non-hydrogen) atoms. The van der Waals surface area contributed by atoms with E-state index in [0.717, 1.165) is 10.6 Å². The average Bonchev–Trinajstić information content (AvgIpc) is 2.82. The molecular weight excluding hydrogens is 254 g/mol. The monoisotopic (exact) mass is 267 g/mol. The minimum Gasteiger partial charge on any atom is -0.302 e. The summed E-state index contributed by atoms with van der Waals surface area (Å²) in [5, 5.41) is 7.20. The van der Waals surface area contributed by atoms with E-state index in [9.17, 15) is 0 Å². The molecule has 0 aliphatic carbocycles. The predicted molar refractivity (Wildman–Crippen MR) is 71.2 cm³/mol. The molecule has 5 heteroatoms. The molecule has 1 N–H and O–H groups in total. The summed E-state index contributed by atoms with van der Waals surface area (Å²) in [5.74, 6) is 0. The fourth-order valence-electron chi connectivity index (χ4n) is 1.47. The van der Waals surface area contributed by atoms with Gasteiger partial charge in [-0.05, 0) is 25.5 Å². The van der Waals surface area contributed by atoms with Gasteiger partial charge < -0.3 is 5.32 Å². The van der Waals surface area contributed by atoms with Crippen molar-refractivity contribution in [3.8, 4) is 0 Å². The molecule has 2 heterocycles. The lowest BCUT2D eigenvalue weighted by molar-refractivity contribution is 0.399. The Bertz CT molecular complexity index is 482. The summed E-state index contributed by atoms with van der Waals surface area (Å²) in [6.45, 7) is 4.93. The van der Waals surface area contributed by atoms with Gasteiger partial charge in [-0.3, -0.25) is 4.98 Å². The summed E-state index contributed by atoms with van der Waals surface area (Å²) < 4.78 is 0. The molecule has 0 aromatic carbocycles. The molecule has 2 aromatic rings. The normalized spacial score (nSPS) is 11.7. The molecule has 0 saturated heterocycles. The van der Waals surface area contributed by atoms with Gasteiger partial charge in [0.1, 0.15) is 5.01 Å². The highest BCUT2D eigenvalue weighted by Gasteiger charge is 2.22. The van der Waals surface area contributed by atoms with Gasteiger partial charge in [0.15, 0.2) is 0 Å². The number of halogens is 1. The number of nitrogens with one attached hydrogen (secondary N) is 1. The van der Waals surface area contributed by atoms with E-state index in [2.05, 4.69) is 29.1 Å². The van der Waals surface area contributed by atoms with Crippen molar-refractivity contribution in [1.29, 1.82) is 0 Å². The maximum absolute atomic E-state index is 6.06. The third kappa shape index (κ3) is 3.03. The van der Waals surface area contributed by atoms with Crippen molar-refractivity contribution in [1.82, 2.24) is 15.3 Å². The first kappa shape index (κ1) is 12.5. The molecule has 0 atom stereocenters. The number of aromatic nitrogens is 2. The third-order valence-electron chi connectivity index (χ3n) is 2.54. The summed E-state index contributed by atoms with van der Waals surface area (Å²) >= 11 is 7.71. The molecule has 0 bridgehead atoms. The standard InChI is InChI=1S/C12H14ClN3S/c1-12(2,11-15-5-6-17-11)16-7-9-3-4-14-8-10(9)13/h3-6,8,16H,7H2,1-2H3. The Morgan fingerprint density at radius 2 is 2.24 bits per heavy atom. The Balaban J connectivity index is 2.06. The first-order valence-electron chi connectivity index (χ1n) is 5.33. The minimum absolute atomic E-state index is 0.152. The summed E-state index contributed by atoms with van der Waals surface area (Å²) in [4.78, 5) is 8.30. The van der Waals surface area contributed by atoms with Crippen LogP contribution in [0.25, 0.3) is 0 Å². The molecule has 0 unspecified atom stereocenters. The molecule has 0 fully saturated rings. The van der Waals surface area contributed by atoms with Gasteiger partial charge >= 0.3 is 0 Å². The first-order chi connectivity index (χ1) is 8.09. The molecule has 2 rings (SSSR count). The Labute approximate surface area is 110 Å². The van der Waals surface area contributed by atoms with Crippen LogP contribution in [-0.4, -0.2) is 9.97 Å². The third-order valence-corrected chi connectivity index (χ3v) is 3.98. The zero-order chi connectivity index (χ0) is 12.3. The van der Waals surface area contributed by atoms with Crippen molar-refractivity contribution in [3.05, 3.63) is 45.6 Å². The molecule has 0 aliphatic heterocycles. The van der Waals surface area contributed by atoms with Crippen LogP contribution < -0.4 is 5.32 Å². The maximum Gasteiger partial charge on any atom is 0.112 e. The van der Waals surface area contributed by atoms with Crippen molar-refractivity contribution in [2.24, 2.45) is 0 Å². The highest BCUT2D eigenvalue weighted by molar-refractivity contribution is 7.09. The van der Waals surface area contributed by atoms with Gasteiger partial charge in [0.05, 0.1) is 10.6 Å². The van der Waals surface area contributed by atoms with E-state index in [-0.39, 0.29) is 5.54 Å². The second-order valence-electron chi connectivity index (χ2n) is 4.28. The second-order valence-corrected chi connectivity index (χ2v) is 5.58. The van der Waals surface area contributed by atoms with Gasteiger partial charge in [-0.2, -0.15) is 0 Å². The molecule has 0 radical (unpaired) electrons. The van der Waals surface area contributed by atoms with Crippen LogP contribution in [0.2, 0.25) is 5.02 Å². The van der Waals surface area contributed by atoms with E-state index in [1.165, 1.54) is 0 Å². The topological polar surface area (TPSA) is 37.8 Å². The van der Waals surface area contributed by atoms with Crippen molar-refractivity contribution in [2.45, 2.75) is 25.9 Å². The zero-order valence-corrected chi connectivity index (χ0v) is 11.3. The quantitative estimate of drug-likeness (QED) is 0.924. The lowest BCUT2D eigenvalue weighted by Crippen LogP contribution is -2.35. The summed E-state index contributed by atoms with van der Waals surface area (Å²) in [7, 11) is 0. The number of rotatable bonds is 4. The Morgan fingerprint density at radius 1 is 1.41 bits per heavy atom. The molecule has 0 amide bonds. The predicted octanol–water partition coefficient (Wildman–Crippen LogP) is 3.22. The number of thiazole rings is 1. The van der Waals surface area contributed by atoms with Crippen molar-refractivity contribution in [3.63, 3.8) is 0 Å². The van der Waals surface area contributed by atoms with Crippen molar-refractivity contribution in [2.75, 3.05) is 0 Å². The maximum atomic E-state index is 6.06. The van der Waals surface area contributed by atoms with Gasteiger partial charge in [-0.1, -0.05) is 11.6 Å². The molecule has 3 nitrogen and oxygen atoms in total. The number of hydrogen-bond acceptors (Lipinski definition) is 4. The van der Waals surface area contributed by atoms with Crippen LogP contribution in [0.5, 0.6) is 0 Å². The highest BCUT2D eigenvalue weighted by Crippen LogP contribution is 2.23. The van der Waals surface area contributed by atoms with E-state index in [4.69, 9.17) is 11.6 Å². The lowest BCUT2D eigenvalue weighted by Gasteiger charge is -2.24. The minimum atomic E-state index is -0.152. The molecule has 90 valence electrons.